The van der Waals surface area contributed by atoms with E-state index in [1.54, 1.807) is 4.68 Å². The number of aryl methyl sites for hydroxylation is 1. The zero-order valence-electron chi connectivity index (χ0n) is 14.3. The van der Waals surface area contributed by atoms with E-state index in [2.05, 4.69) is 36.5 Å². The van der Waals surface area contributed by atoms with Crippen LogP contribution < -0.4 is 5.32 Å². The predicted molar refractivity (Wildman–Crippen MR) is 100 cm³/mol. The molecule has 1 N–H and O–H groups in total. The van der Waals surface area contributed by atoms with Gasteiger partial charge in [0.25, 0.3) is 0 Å². The van der Waals surface area contributed by atoms with Gasteiger partial charge in [-0.15, -0.1) is 0 Å². The molecule has 26 heavy (non-hydrogen) atoms. The topological polar surface area (TPSA) is 85.8 Å². The number of hydrogen-bond donors (Lipinski definition) is 1. The van der Waals surface area contributed by atoms with Crippen molar-refractivity contribution in [3.63, 3.8) is 0 Å². The van der Waals surface area contributed by atoms with Gasteiger partial charge in [0.1, 0.15) is 6.54 Å². The Bertz CT molecular complexity index is 920. The van der Waals surface area contributed by atoms with E-state index in [1.165, 1.54) is 0 Å². The number of nitrogens with one attached hydrogen (secondary N) is 1. The van der Waals surface area contributed by atoms with E-state index >= 15 is 0 Å². The lowest BCUT2D eigenvalue weighted by Crippen LogP contribution is -2.26. The molecule has 2 heterocycles. The van der Waals surface area contributed by atoms with Crippen molar-refractivity contribution in [1.29, 1.82) is 0 Å². The number of aromatic nitrogens is 4. The van der Waals surface area contributed by atoms with Crippen LogP contribution in [0.15, 0.2) is 33.3 Å². The maximum absolute atomic E-state index is 12.1. The van der Waals surface area contributed by atoms with Crippen molar-refractivity contribution in [1.82, 2.24) is 25.2 Å². The lowest BCUT2D eigenvalue weighted by molar-refractivity contribution is 0.0910. The lowest BCUT2D eigenvalue weighted by atomic mass is 10.1. The van der Waals surface area contributed by atoms with Crippen LogP contribution in [0, 0.1) is 13.8 Å². The summed E-state index contributed by atoms with van der Waals surface area (Å²) in [7, 11) is 0. The molecule has 2 aromatic heterocycles. The molecule has 0 fully saturated rings. The summed E-state index contributed by atoms with van der Waals surface area (Å²) in [4.78, 5) is 16.3. The normalized spacial score (nSPS) is 10.9. The molecule has 0 radical (unpaired) electrons. The summed E-state index contributed by atoms with van der Waals surface area (Å²) in [6.07, 6.45) is 0.684. The highest BCUT2D eigenvalue weighted by atomic mass is 79.9. The number of halogens is 2. The van der Waals surface area contributed by atoms with Crippen LogP contribution in [0.4, 0.5) is 0 Å². The van der Waals surface area contributed by atoms with Gasteiger partial charge in [0.15, 0.2) is 5.82 Å². The molecular weight excluding hydrogens is 422 g/mol. The minimum absolute atomic E-state index is 0.0586. The maximum atomic E-state index is 12.1. The van der Waals surface area contributed by atoms with Gasteiger partial charge in [-0.1, -0.05) is 28.9 Å². The highest BCUT2D eigenvalue weighted by Gasteiger charge is 2.16. The molecule has 3 aromatic rings. The number of benzene rings is 1. The van der Waals surface area contributed by atoms with Crippen molar-refractivity contribution >= 4 is 33.4 Å². The molecule has 0 saturated carbocycles. The molecule has 0 unspecified atom stereocenters. The Hall–Kier alpha value is -2.19. The first-order valence-corrected chi connectivity index (χ1v) is 9.16. The van der Waals surface area contributed by atoms with Gasteiger partial charge in [-0.25, -0.2) is 0 Å². The molecule has 0 atom stereocenters. The van der Waals surface area contributed by atoms with E-state index in [0.29, 0.717) is 30.4 Å². The fourth-order valence-electron chi connectivity index (χ4n) is 2.42. The van der Waals surface area contributed by atoms with Crippen LogP contribution >= 0.6 is 27.5 Å². The Balaban J connectivity index is 1.55. The first-order valence-electron chi connectivity index (χ1n) is 7.99. The van der Waals surface area contributed by atoms with Crippen LogP contribution in [-0.4, -0.2) is 32.4 Å². The minimum atomic E-state index is -0.396. The van der Waals surface area contributed by atoms with E-state index in [-0.39, 0.29) is 5.89 Å². The molecule has 1 aromatic carbocycles. The summed E-state index contributed by atoms with van der Waals surface area (Å²) < 4.78 is 7.75. The van der Waals surface area contributed by atoms with E-state index in [0.717, 1.165) is 21.4 Å². The molecule has 0 aliphatic carbocycles. The standard InChI is InChI=1S/C17H17BrClN5O2/c1-10-15(18)11(2)24(22-10)9-14-21-17(26-23-14)16(25)20-8-7-12-3-5-13(19)6-4-12/h3-6H,7-9H2,1-2H3,(H,20,25). The quantitative estimate of drug-likeness (QED) is 0.638. The average Bonchev–Trinajstić information content (AvgIpc) is 3.18. The van der Waals surface area contributed by atoms with Gasteiger partial charge in [0.2, 0.25) is 0 Å². The van der Waals surface area contributed by atoms with Crippen molar-refractivity contribution in [3.05, 3.63) is 62.4 Å². The molecule has 0 aliphatic rings. The lowest BCUT2D eigenvalue weighted by Gasteiger charge is -2.02. The van der Waals surface area contributed by atoms with Crippen LogP contribution in [0.1, 0.15) is 33.5 Å². The summed E-state index contributed by atoms with van der Waals surface area (Å²) in [6.45, 7) is 4.64. The number of amides is 1. The Kier molecular flexibility index (Phi) is 5.73. The van der Waals surface area contributed by atoms with Crippen molar-refractivity contribution in [2.75, 3.05) is 6.54 Å². The first-order chi connectivity index (χ1) is 12.4. The molecule has 136 valence electrons. The zero-order valence-corrected chi connectivity index (χ0v) is 16.6. The molecule has 3 rings (SSSR count). The molecular formula is C17H17BrClN5O2. The van der Waals surface area contributed by atoms with Crippen LogP contribution in [0.3, 0.4) is 0 Å². The van der Waals surface area contributed by atoms with Gasteiger partial charge in [-0.3, -0.25) is 9.48 Å². The second-order valence-electron chi connectivity index (χ2n) is 5.79. The zero-order chi connectivity index (χ0) is 18.7. The summed E-state index contributed by atoms with van der Waals surface area (Å²) in [5.41, 5.74) is 2.92. The smallest absolute Gasteiger partial charge is 0.316 e. The summed E-state index contributed by atoms with van der Waals surface area (Å²) >= 11 is 9.32. The third-order valence-electron chi connectivity index (χ3n) is 3.86. The van der Waals surface area contributed by atoms with Gasteiger partial charge in [0.05, 0.1) is 15.9 Å². The molecule has 0 aliphatic heterocycles. The van der Waals surface area contributed by atoms with Gasteiger partial charge >= 0.3 is 11.8 Å². The number of hydrogen-bond acceptors (Lipinski definition) is 5. The fourth-order valence-corrected chi connectivity index (χ4v) is 2.83. The Morgan fingerprint density at radius 2 is 2.04 bits per heavy atom. The highest BCUT2D eigenvalue weighted by Crippen LogP contribution is 2.20. The van der Waals surface area contributed by atoms with E-state index in [9.17, 15) is 4.79 Å². The van der Waals surface area contributed by atoms with E-state index in [1.807, 2.05) is 38.1 Å². The molecule has 1 amide bonds. The predicted octanol–water partition coefficient (Wildman–Crippen LogP) is 3.32. The van der Waals surface area contributed by atoms with Crippen molar-refractivity contribution in [2.45, 2.75) is 26.8 Å². The molecule has 9 heteroatoms. The average molecular weight is 439 g/mol. The van der Waals surface area contributed by atoms with Gasteiger partial charge in [0, 0.05) is 11.6 Å². The van der Waals surface area contributed by atoms with E-state index in [4.69, 9.17) is 16.1 Å². The Morgan fingerprint density at radius 1 is 1.31 bits per heavy atom. The third-order valence-corrected chi connectivity index (χ3v) is 5.26. The van der Waals surface area contributed by atoms with Gasteiger partial charge in [-0.05, 0) is 53.9 Å². The second kappa shape index (κ2) is 8.01. The molecule has 7 nitrogen and oxygen atoms in total. The number of carbonyl (C=O) groups is 1. The summed E-state index contributed by atoms with van der Waals surface area (Å²) in [5, 5.41) is 11.7. The van der Waals surface area contributed by atoms with Gasteiger partial charge in [-0.2, -0.15) is 10.1 Å². The molecule has 0 bridgehead atoms. The number of carbonyl (C=O) groups excluding carboxylic acids is 1. The Morgan fingerprint density at radius 3 is 2.69 bits per heavy atom. The second-order valence-corrected chi connectivity index (χ2v) is 7.02. The van der Waals surface area contributed by atoms with Crippen LogP contribution in [0.2, 0.25) is 5.02 Å². The van der Waals surface area contributed by atoms with E-state index < -0.39 is 5.91 Å². The Labute approximate surface area is 163 Å². The van der Waals surface area contributed by atoms with Crippen LogP contribution in [0.5, 0.6) is 0 Å². The monoisotopic (exact) mass is 437 g/mol. The largest absolute Gasteiger partial charge is 0.347 e. The number of nitrogens with zero attached hydrogens (tertiary/aromatic N) is 4. The third kappa shape index (κ3) is 4.31. The SMILES string of the molecule is Cc1nn(Cc2noc(C(=O)NCCc3ccc(Cl)cc3)n2)c(C)c1Br. The van der Waals surface area contributed by atoms with Crippen molar-refractivity contribution < 1.29 is 9.32 Å². The maximum Gasteiger partial charge on any atom is 0.316 e. The fraction of sp³-hybridized carbons (Fsp3) is 0.294. The summed E-state index contributed by atoms with van der Waals surface area (Å²) in [5.74, 6) is -0.0603. The van der Waals surface area contributed by atoms with Crippen LogP contribution in [0.25, 0.3) is 0 Å². The highest BCUT2D eigenvalue weighted by molar-refractivity contribution is 9.10. The molecule has 0 spiro atoms. The van der Waals surface area contributed by atoms with Crippen molar-refractivity contribution in [3.8, 4) is 0 Å². The van der Waals surface area contributed by atoms with Crippen molar-refractivity contribution in [2.24, 2.45) is 0 Å². The van der Waals surface area contributed by atoms with Gasteiger partial charge < -0.3 is 9.84 Å². The van der Waals surface area contributed by atoms with Crippen LogP contribution in [-0.2, 0) is 13.0 Å². The first kappa shape index (κ1) is 18.6. The number of rotatable bonds is 6. The summed E-state index contributed by atoms with van der Waals surface area (Å²) in [6, 6.07) is 7.48. The minimum Gasteiger partial charge on any atom is -0.347 e. The molecule has 0 saturated heterocycles.